The maximum atomic E-state index is 9.12. The van der Waals surface area contributed by atoms with Crippen molar-refractivity contribution in [2.24, 2.45) is 0 Å². The summed E-state index contributed by atoms with van der Waals surface area (Å²) in [7, 11) is 1.80. The van der Waals surface area contributed by atoms with Gasteiger partial charge in [-0.05, 0) is 46.4 Å². The van der Waals surface area contributed by atoms with Crippen molar-refractivity contribution in [3.8, 4) is 11.8 Å². The van der Waals surface area contributed by atoms with Crippen molar-refractivity contribution in [1.29, 1.82) is 5.26 Å². The summed E-state index contributed by atoms with van der Waals surface area (Å²) in [6.45, 7) is 7.98. The molecular weight excluding hydrogens is 224 g/mol. The van der Waals surface area contributed by atoms with Gasteiger partial charge in [-0.2, -0.15) is 5.26 Å². The van der Waals surface area contributed by atoms with Gasteiger partial charge in [0.25, 0.3) is 0 Å². The second kappa shape index (κ2) is 5.88. The number of nitrogens with one attached hydrogen (secondary N) is 1. The molecule has 0 heterocycles. The summed E-state index contributed by atoms with van der Waals surface area (Å²) in [5, 5.41) is 12.2. The number of benzene rings is 1. The Morgan fingerprint density at radius 1 is 1.44 bits per heavy atom. The summed E-state index contributed by atoms with van der Waals surface area (Å²) in [6.07, 6.45) is 0.636. The van der Waals surface area contributed by atoms with E-state index < -0.39 is 5.54 Å². The third-order valence-corrected chi connectivity index (χ3v) is 3.15. The molecule has 2 unspecified atom stereocenters. The first kappa shape index (κ1) is 14.5. The highest BCUT2D eigenvalue weighted by molar-refractivity contribution is 5.35. The van der Waals surface area contributed by atoms with Gasteiger partial charge in [-0.1, -0.05) is 17.7 Å². The lowest BCUT2D eigenvalue weighted by Gasteiger charge is -2.25. The molecule has 1 N–H and O–H groups in total. The fourth-order valence-corrected chi connectivity index (χ4v) is 1.97. The van der Waals surface area contributed by atoms with Gasteiger partial charge in [-0.3, -0.25) is 0 Å². The Kier molecular flexibility index (Phi) is 4.75. The summed E-state index contributed by atoms with van der Waals surface area (Å²) in [5.74, 6) is 0.893. The number of hydrogen-bond acceptors (Lipinski definition) is 3. The molecule has 0 fully saturated rings. The highest BCUT2D eigenvalue weighted by atomic mass is 16.5. The highest BCUT2D eigenvalue weighted by Gasteiger charge is 2.25. The van der Waals surface area contributed by atoms with Crippen molar-refractivity contribution in [3.63, 3.8) is 0 Å². The molecule has 98 valence electrons. The van der Waals surface area contributed by atoms with Crippen molar-refractivity contribution in [2.45, 2.75) is 45.8 Å². The summed E-state index contributed by atoms with van der Waals surface area (Å²) in [6, 6.07) is 8.41. The van der Waals surface area contributed by atoms with E-state index in [4.69, 9.17) is 10.00 Å². The minimum absolute atomic E-state index is 0.0106. The second-order valence-corrected chi connectivity index (χ2v) is 5.10. The monoisotopic (exact) mass is 246 g/mol. The molecule has 1 aromatic rings. The predicted octanol–water partition coefficient (Wildman–Crippen LogP) is 2.96. The summed E-state index contributed by atoms with van der Waals surface area (Å²) in [4.78, 5) is 0. The van der Waals surface area contributed by atoms with Crippen LogP contribution >= 0.6 is 0 Å². The van der Waals surface area contributed by atoms with Gasteiger partial charge in [0.05, 0.1) is 12.2 Å². The van der Waals surface area contributed by atoms with Crippen LogP contribution < -0.4 is 10.1 Å². The van der Waals surface area contributed by atoms with Crippen LogP contribution in [0.2, 0.25) is 0 Å². The Hall–Kier alpha value is -1.53. The van der Waals surface area contributed by atoms with Crippen LogP contribution in [0.3, 0.4) is 0 Å². The molecule has 3 nitrogen and oxygen atoms in total. The molecule has 0 bridgehead atoms. The molecule has 0 aliphatic carbocycles. The van der Waals surface area contributed by atoms with Gasteiger partial charge in [-0.25, -0.2) is 0 Å². The van der Waals surface area contributed by atoms with E-state index in [1.807, 2.05) is 32.9 Å². The molecule has 0 aliphatic rings. The predicted molar refractivity (Wildman–Crippen MR) is 73.7 cm³/mol. The standard InChI is InChI=1S/C15H22N2O/c1-11-6-7-14(12(2)8-11)18-13(3)9-15(4,10-16)17-5/h6-8,13,17H,9H2,1-5H3. The van der Waals surface area contributed by atoms with Gasteiger partial charge >= 0.3 is 0 Å². The number of nitriles is 1. The van der Waals surface area contributed by atoms with E-state index in [1.165, 1.54) is 5.56 Å². The average molecular weight is 246 g/mol. The minimum Gasteiger partial charge on any atom is -0.490 e. The van der Waals surface area contributed by atoms with Gasteiger partial charge in [-0.15, -0.1) is 0 Å². The summed E-state index contributed by atoms with van der Waals surface area (Å²) < 4.78 is 5.91. The minimum atomic E-state index is -0.544. The smallest absolute Gasteiger partial charge is 0.122 e. The van der Waals surface area contributed by atoms with E-state index in [1.54, 1.807) is 7.05 Å². The summed E-state index contributed by atoms with van der Waals surface area (Å²) >= 11 is 0. The van der Waals surface area contributed by atoms with Crippen LogP contribution in [0, 0.1) is 25.2 Å². The molecule has 0 aromatic heterocycles. The van der Waals surface area contributed by atoms with E-state index >= 15 is 0 Å². The van der Waals surface area contributed by atoms with Crippen LogP contribution in [0.4, 0.5) is 0 Å². The number of aryl methyl sites for hydroxylation is 2. The van der Waals surface area contributed by atoms with Gasteiger partial charge in [0.2, 0.25) is 0 Å². The van der Waals surface area contributed by atoms with Crippen LogP contribution in [-0.4, -0.2) is 18.7 Å². The molecule has 1 aromatic carbocycles. The van der Waals surface area contributed by atoms with Crippen molar-refractivity contribution in [3.05, 3.63) is 29.3 Å². The quantitative estimate of drug-likeness (QED) is 0.868. The molecule has 2 atom stereocenters. The maximum absolute atomic E-state index is 9.12. The van der Waals surface area contributed by atoms with Crippen LogP contribution in [0.5, 0.6) is 5.75 Å². The lowest BCUT2D eigenvalue weighted by atomic mass is 9.97. The lowest BCUT2D eigenvalue weighted by molar-refractivity contribution is 0.181. The molecule has 0 amide bonds. The molecular formula is C15H22N2O. The van der Waals surface area contributed by atoms with E-state index in [0.717, 1.165) is 11.3 Å². The first-order chi connectivity index (χ1) is 8.40. The Labute approximate surface area is 110 Å². The topological polar surface area (TPSA) is 45.0 Å². The fourth-order valence-electron chi connectivity index (χ4n) is 1.97. The van der Waals surface area contributed by atoms with Crippen LogP contribution in [0.1, 0.15) is 31.4 Å². The van der Waals surface area contributed by atoms with Crippen molar-refractivity contribution in [1.82, 2.24) is 5.32 Å². The maximum Gasteiger partial charge on any atom is 0.122 e. The molecule has 0 radical (unpaired) electrons. The van der Waals surface area contributed by atoms with Crippen molar-refractivity contribution in [2.75, 3.05) is 7.05 Å². The molecule has 0 aliphatic heterocycles. The Morgan fingerprint density at radius 2 is 2.11 bits per heavy atom. The van der Waals surface area contributed by atoms with Gasteiger partial charge < -0.3 is 10.1 Å². The number of ether oxygens (including phenoxy) is 1. The van der Waals surface area contributed by atoms with Crippen LogP contribution in [0.15, 0.2) is 18.2 Å². The lowest BCUT2D eigenvalue weighted by Crippen LogP contribution is -2.41. The number of hydrogen-bond donors (Lipinski definition) is 1. The first-order valence-electron chi connectivity index (χ1n) is 6.24. The van der Waals surface area contributed by atoms with Gasteiger partial charge in [0.15, 0.2) is 0 Å². The third-order valence-electron chi connectivity index (χ3n) is 3.15. The van der Waals surface area contributed by atoms with Crippen molar-refractivity contribution >= 4 is 0 Å². The molecule has 18 heavy (non-hydrogen) atoms. The Morgan fingerprint density at radius 3 is 2.61 bits per heavy atom. The van der Waals surface area contributed by atoms with E-state index in [2.05, 4.69) is 24.4 Å². The number of nitrogens with zero attached hydrogens (tertiary/aromatic N) is 1. The van der Waals surface area contributed by atoms with Crippen molar-refractivity contribution < 1.29 is 4.74 Å². The van der Waals surface area contributed by atoms with E-state index in [-0.39, 0.29) is 6.10 Å². The Bertz CT molecular complexity index is 450. The van der Waals surface area contributed by atoms with Crippen LogP contribution in [0.25, 0.3) is 0 Å². The van der Waals surface area contributed by atoms with E-state index in [0.29, 0.717) is 6.42 Å². The largest absolute Gasteiger partial charge is 0.490 e. The summed E-state index contributed by atoms with van der Waals surface area (Å²) in [5.41, 5.74) is 1.81. The Balaban J connectivity index is 2.71. The third kappa shape index (κ3) is 3.75. The molecule has 0 saturated carbocycles. The molecule has 0 saturated heterocycles. The molecule has 3 heteroatoms. The van der Waals surface area contributed by atoms with Gasteiger partial charge in [0, 0.05) is 6.42 Å². The average Bonchev–Trinajstić information content (AvgIpc) is 2.32. The first-order valence-corrected chi connectivity index (χ1v) is 6.24. The van der Waals surface area contributed by atoms with Gasteiger partial charge in [0.1, 0.15) is 11.3 Å². The van der Waals surface area contributed by atoms with Crippen LogP contribution in [-0.2, 0) is 0 Å². The van der Waals surface area contributed by atoms with E-state index in [9.17, 15) is 0 Å². The number of rotatable bonds is 5. The fraction of sp³-hybridized carbons (Fsp3) is 0.533. The zero-order valence-electron chi connectivity index (χ0n) is 11.9. The second-order valence-electron chi connectivity index (χ2n) is 5.10. The zero-order chi connectivity index (χ0) is 13.8. The SMILES string of the molecule is CNC(C)(C#N)CC(C)Oc1ccc(C)cc1C. The zero-order valence-corrected chi connectivity index (χ0v) is 11.9. The highest BCUT2D eigenvalue weighted by Crippen LogP contribution is 2.22. The molecule has 0 spiro atoms. The normalized spacial score (nSPS) is 15.6. The molecule has 1 rings (SSSR count).